The summed E-state index contributed by atoms with van der Waals surface area (Å²) < 4.78 is 0. The van der Waals surface area contributed by atoms with Crippen molar-refractivity contribution in [2.75, 3.05) is 19.6 Å². The molecule has 0 bridgehead atoms. The molecule has 17 heavy (non-hydrogen) atoms. The van der Waals surface area contributed by atoms with Crippen LogP contribution in [0, 0.1) is 16.0 Å². The number of rotatable bonds is 4. The first-order chi connectivity index (χ1) is 8.18. The summed E-state index contributed by atoms with van der Waals surface area (Å²) >= 11 is 0. The maximum atomic E-state index is 11.8. The van der Waals surface area contributed by atoms with Crippen molar-refractivity contribution in [3.63, 3.8) is 0 Å². The maximum Gasteiger partial charge on any atom is 0.282 e. The SMILES string of the molecule is O=C(NCC1CNC1)c1ccccc1[N+](=O)[O-]. The fourth-order valence-electron chi connectivity index (χ4n) is 1.65. The van der Waals surface area contributed by atoms with Gasteiger partial charge in [-0.3, -0.25) is 14.9 Å². The molecule has 6 heteroatoms. The zero-order valence-electron chi connectivity index (χ0n) is 9.18. The Morgan fingerprint density at radius 1 is 1.47 bits per heavy atom. The van der Waals surface area contributed by atoms with Gasteiger partial charge < -0.3 is 10.6 Å². The third kappa shape index (κ3) is 2.59. The molecule has 6 nitrogen and oxygen atoms in total. The predicted octanol–water partition coefficient (Wildman–Crippen LogP) is 0.544. The number of nitrogens with one attached hydrogen (secondary N) is 2. The molecule has 0 saturated carbocycles. The minimum Gasteiger partial charge on any atom is -0.351 e. The molecular formula is C11H13N3O3. The molecule has 0 aliphatic carbocycles. The van der Waals surface area contributed by atoms with Gasteiger partial charge in [-0.05, 0) is 6.07 Å². The zero-order valence-corrected chi connectivity index (χ0v) is 9.18. The Kier molecular flexibility index (Phi) is 3.34. The second-order valence-corrected chi connectivity index (χ2v) is 4.01. The van der Waals surface area contributed by atoms with E-state index < -0.39 is 4.92 Å². The summed E-state index contributed by atoms with van der Waals surface area (Å²) in [5, 5.41) is 16.6. The third-order valence-corrected chi connectivity index (χ3v) is 2.76. The largest absolute Gasteiger partial charge is 0.351 e. The molecule has 0 spiro atoms. The highest BCUT2D eigenvalue weighted by Gasteiger charge is 2.21. The second kappa shape index (κ2) is 4.92. The van der Waals surface area contributed by atoms with E-state index in [4.69, 9.17) is 0 Å². The van der Waals surface area contributed by atoms with Gasteiger partial charge in [0, 0.05) is 31.6 Å². The number of nitro benzene ring substituents is 1. The molecule has 0 radical (unpaired) electrons. The smallest absolute Gasteiger partial charge is 0.282 e. The molecule has 2 N–H and O–H groups in total. The minimum absolute atomic E-state index is 0.116. The molecule has 1 aliphatic rings. The summed E-state index contributed by atoms with van der Waals surface area (Å²) in [7, 11) is 0. The number of nitrogens with zero attached hydrogens (tertiary/aromatic N) is 1. The third-order valence-electron chi connectivity index (χ3n) is 2.76. The first-order valence-corrected chi connectivity index (χ1v) is 5.41. The van der Waals surface area contributed by atoms with Crippen LogP contribution in [0.1, 0.15) is 10.4 Å². The summed E-state index contributed by atoms with van der Waals surface area (Å²) in [6.45, 7) is 2.33. The van der Waals surface area contributed by atoms with Gasteiger partial charge in [0.1, 0.15) is 5.56 Å². The second-order valence-electron chi connectivity index (χ2n) is 4.01. The van der Waals surface area contributed by atoms with Crippen molar-refractivity contribution in [2.45, 2.75) is 0 Å². The predicted molar refractivity (Wildman–Crippen MR) is 61.8 cm³/mol. The van der Waals surface area contributed by atoms with Gasteiger partial charge in [0.25, 0.3) is 11.6 Å². The first-order valence-electron chi connectivity index (χ1n) is 5.41. The van der Waals surface area contributed by atoms with Crippen LogP contribution in [0.5, 0.6) is 0 Å². The van der Waals surface area contributed by atoms with E-state index in [9.17, 15) is 14.9 Å². The van der Waals surface area contributed by atoms with E-state index in [0.29, 0.717) is 12.5 Å². The Hall–Kier alpha value is -1.95. The lowest BCUT2D eigenvalue weighted by molar-refractivity contribution is -0.385. The van der Waals surface area contributed by atoms with E-state index in [1.807, 2.05) is 0 Å². The number of carbonyl (C=O) groups excluding carboxylic acids is 1. The van der Waals surface area contributed by atoms with Crippen LogP contribution in [0.25, 0.3) is 0 Å². The average Bonchev–Trinajstić information content (AvgIpc) is 2.26. The molecule has 1 heterocycles. The lowest BCUT2D eigenvalue weighted by Crippen LogP contribution is -2.48. The topological polar surface area (TPSA) is 84.3 Å². The molecular weight excluding hydrogens is 222 g/mol. The van der Waals surface area contributed by atoms with E-state index in [0.717, 1.165) is 13.1 Å². The van der Waals surface area contributed by atoms with Crippen molar-refractivity contribution in [1.29, 1.82) is 0 Å². The van der Waals surface area contributed by atoms with Gasteiger partial charge >= 0.3 is 0 Å². The Bertz CT molecular complexity index is 443. The Morgan fingerprint density at radius 2 is 2.18 bits per heavy atom. The molecule has 0 atom stereocenters. The van der Waals surface area contributed by atoms with E-state index in [1.165, 1.54) is 12.1 Å². The number of nitro groups is 1. The van der Waals surface area contributed by atoms with Gasteiger partial charge in [-0.25, -0.2) is 0 Å². The van der Waals surface area contributed by atoms with Crippen LogP contribution in [-0.2, 0) is 0 Å². The summed E-state index contributed by atoms with van der Waals surface area (Å²) in [5.74, 6) is 0.0471. The van der Waals surface area contributed by atoms with Gasteiger partial charge in [-0.1, -0.05) is 12.1 Å². The Balaban J connectivity index is 2.04. The Morgan fingerprint density at radius 3 is 2.76 bits per heavy atom. The van der Waals surface area contributed by atoms with E-state index in [2.05, 4.69) is 10.6 Å². The summed E-state index contributed by atoms with van der Waals surface area (Å²) in [4.78, 5) is 22.0. The highest BCUT2D eigenvalue weighted by Crippen LogP contribution is 2.17. The maximum absolute atomic E-state index is 11.8. The van der Waals surface area contributed by atoms with Crippen molar-refractivity contribution in [1.82, 2.24) is 10.6 Å². The number of amides is 1. The minimum atomic E-state index is -0.542. The monoisotopic (exact) mass is 235 g/mol. The van der Waals surface area contributed by atoms with Crippen LogP contribution >= 0.6 is 0 Å². The van der Waals surface area contributed by atoms with E-state index >= 15 is 0 Å². The lowest BCUT2D eigenvalue weighted by atomic mass is 10.0. The molecule has 1 fully saturated rings. The van der Waals surface area contributed by atoms with Crippen LogP contribution < -0.4 is 10.6 Å². The fourth-order valence-corrected chi connectivity index (χ4v) is 1.65. The van der Waals surface area contributed by atoms with Crippen molar-refractivity contribution in [2.24, 2.45) is 5.92 Å². The molecule has 0 unspecified atom stereocenters. The zero-order chi connectivity index (χ0) is 12.3. The van der Waals surface area contributed by atoms with Crippen molar-refractivity contribution in [3.05, 3.63) is 39.9 Å². The van der Waals surface area contributed by atoms with Gasteiger partial charge in [-0.2, -0.15) is 0 Å². The van der Waals surface area contributed by atoms with Crippen molar-refractivity contribution in [3.8, 4) is 0 Å². The lowest BCUT2D eigenvalue weighted by Gasteiger charge is -2.27. The van der Waals surface area contributed by atoms with Crippen LogP contribution in [0.2, 0.25) is 0 Å². The van der Waals surface area contributed by atoms with Gasteiger partial charge in [0.2, 0.25) is 0 Å². The first kappa shape index (κ1) is 11.5. The number of hydrogen-bond acceptors (Lipinski definition) is 4. The highest BCUT2D eigenvalue weighted by molar-refractivity contribution is 5.98. The van der Waals surface area contributed by atoms with Gasteiger partial charge in [-0.15, -0.1) is 0 Å². The molecule has 1 aromatic carbocycles. The molecule has 1 amide bonds. The Labute approximate surface area is 98.2 Å². The molecule has 0 aromatic heterocycles. The standard InChI is InChI=1S/C11H13N3O3/c15-11(13-7-8-5-12-6-8)9-3-1-2-4-10(9)14(16)17/h1-4,8,12H,5-7H2,(H,13,15). The van der Waals surface area contributed by atoms with Gasteiger partial charge in [0.05, 0.1) is 4.92 Å². The van der Waals surface area contributed by atoms with E-state index in [1.54, 1.807) is 12.1 Å². The normalized spacial score (nSPS) is 15.1. The molecule has 1 aromatic rings. The number of carbonyl (C=O) groups is 1. The van der Waals surface area contributed by atoms with Crippen LogP contribution in [0.15, 0.2) is 24.3 Å². The number of hydrogen-bond donors (Lipinski definition) is 2. The number of benzene rings is 1. The molecule has 90 valence electrons. The number of para-hydroxylation sites is 1. The fraction of sp³-hybridized carbons (Fsp3) is 0.364. The molecule has 2 rings (SSSR count). The molecule has 1 aliphatic heterocycles. The van der Waals surface area contributed by atoms with Crippen molar-refractivity contribution < 1.29 is 9.72 Å². The summed E-state index contributed by atoms with van der Waals surface area (Å²) in [6, 6.07) is 5.96. The summed E-state index contributed by atoms with van der Waals surface area (Å²) in [5.41, 5.74) is -0.0403. The quantitative estimate of drug-likeness (QED) is 0.589. The van der Waals surface area contributed by atoms with E-state index in [-0.39, 0.29) is 17.2 Å². The van der Waals surface area contributed by atoms with Crippen LogP contribution in [-0.4, -0.2) is 30.5 Å². The van der Waals surface area contributed by atoms with Crippen LogP contribution in [0.4, 0.5) is 5.69 Å². The summed E-state index contributed by atoms with van der Waals surface area (Å²) in [6.07, 6.45) is 0. The van der Waals surface area contributed by atoms with Crippen LogP contribution in [0.3, 0.4) is 0 Å². The average molecular weight is 235 g/mol. The highest BCUT2D eigenvalue weighted by atomic mass is 16.6. The molecule has 1 saturated heterocycles. The van der Waals surface area contributed by atoms with Gasteiger partial charge in [0.15, 0.2) is 0 Å². The van der Waals surface area contributed by atoms with Crippen molar-refractivity contribution >= 4 is 11.6 Å².